The average molecular weight is 607 g/mol. The highest BCUT2D eigenvalue weighted by Crippen LogP contribution is 2.35. The normalized spacial score (nSPS) is 16.8. The molecule has 0 radical (unpaired) electrons. The lowest BCUT2D eigenvalue weighted by atomic mass is 9.87. The van der Waals surface area contributed by atoms with Crippen molar-refractivity contribution in [2.75, 3.05) is 52.9 Å². The minimum atomic E-state index is -0.0423. The van der Waals surface area contributed by atoms with Gasteiger partial charge in [-0.15, -0.1) is 0 Å². The summed E-state index contributed by atoms with van der Waals surface area (Å²) < 4.78 is 47.5. The fraction of sp³-hybridized carbons (Fsp3) is 0.444. The number of hydrogen-bond donors (Lipinski definition) is 0. The Kier molecular flexibility index (Phi) is 11.8. The third-order valence-electron chi connectivity index (χ3n) is 6.86. The van der Waals surface area contributed by atoms with Gasteiger partial charge in [0.2, 0.25) is 0 Å². The maximum atomic E-state index is 6.09. The van der Waals surface area contributed by atoms with E-state index >= 15 is 0 Å². The molecule has 44 heavy (non-hydrogen) atoms. The van der Waals surface area contributed by atoms with Crippen LogP contribution in [0.5, 0.6) is 34.5 Å². The van der Waals surface area contributed by atoms with Gasteiger partial charge in [-0.1, -0.05) is 65.8 Å². The first-order valence-corrected chi connectivity index (χ1v) is 15.1. The highest BCUT2D eigenvalue weighted by atomic mass is 16.6. The molecule has 0 unspecified atom stereocenters. The third-order valence-corrected chi connectivity index (χ3v) is 6.86. The molecule has 0 saturated heterocycles. The topological polar surface area (TPSA) is 73.8 Å². The van der Waals surface area contributed by atoms with E-state index in [1.807, 2.05) is 54.6 Å². The van der Waals surface area contributed by atoms with Gasteiger partial charge in [0.05, 0.1) is 26.4 Å². The van der Waals surface area contributed by atoms with E-state index in [2.05, 4.69) is 47.6 Å². The standard InChI is InChI=1S/C36H46O8/c1-35(2,3)27-11-13-31-33(25-27)43-19-17-37-15-16-38-18-20-44-34-26-28(36(4,5)6)12-14-32(34)42-24-22-40-30-10-8-7-9-29(30)39-21-23-41-31/h7-14,21,23,25-26H,15-20,22,24H2,1-6H3/b23-21-. The second-order valence-electron chi connectivity index (χ2n) is 12.4. The van der Waals surface area contributed by atoms with Crippen LogP contribution >= 0.6 is 0 Å². The lowest BCUT2D eigenvalue weighted by Crippen LogP contribution is -2.16. The van der Waals surface area contributed by atoms with Crippen molar-refractivity contribution in [1.29, 1.82) is 0 Å². The molecule has 3 aromatic rings. The maximum Gasteiger partial charge on any atom is 0.168 e. The summed E-state index contributed by atoms with van der Waals surface area (Å²) in [6.45, 7) is 16.1. The lowest BCUT2D eigenvalue weighted by molar-refractivity contribution is 0.0268. The van der Waals surface area contributed by atoms with Crippen molar-refractivity contribution in [3.8, 4) is 34.5 Å². The number of hydrogen-bond acceptors (Lipinski definition) is 8. The van der Waals surface area contributed by atoms with Gasteiger partial charge in [-0.05, 0) is 58.4 Å². The fourth-order valence-electron chi connectivity index (χ4n) is 4.31. The van der Waals surface area contributed by atoms with Gasteiger partial charge in [0, 0.05) is 0 Å². The van der Waals surface area contributed by atoms with Crippen LogP contribution in [0.3, 0.4) is 0 Å². The van der Waals surface area contributed by atoms with Gasteiger partial charge in [0.1, 0.15) is 39.0 Å². The van der Waals surface area contributed by atoms with Crippen molar-refractivity contribution in [2.24, 2.45) is 0 Å². The van der Waals surface area contributed by atoms with Gasteiger partial charge in [0.15, 0.2) is 34.5 Å². The molecule has 1 heterocycles. The molecule has 0 fully saturated rings. The summed E-state index contributed by atoms with van der Waals surface area (Å²) in [6.07, 6.45) is 2.95. The second-order valence-corrected chi connectivity index (χ2v) is 12.4. The molecule has 0 N–H and O–H groups in total. The van der Waals surface area contributed by atoms with Crippen molar-refractivity contribution in [3.05, 3.63) is 84.3 Å². The van der Waals surface area contributed by atoms with Crippen molar-refractivity contribution in [2.45, 2.75) is 52.4 Å². The van der Waals surface area contributed by atoms with Crippen LogP contribution in [0, 0.1) is 0 Å². The molecule has 0 spiro atoms. The molecule has 238 valence electrons. The molecule has 1 aliphatic rings. The third kappa shape index (κ3) is 10.1. The molecule has 0 aliphatic carbocycles. The molecule has 0 bridgehead atoms. The van der Waals surface area contributed by atoms with Gasteiger partial charge in [-0.2, -0.15) is 0 Å². The Balaban J connectivity index is 1.47. The van der Waals surface area contributed by atoms with Crippen molar-refractivity contribution >= 4 is 0 Å². The van der Waals surface area contributed by atoms with Crippen LogP contribution in [0.4, 0.5) is 0 Å². The van der Waals surface area contributed by atoms with E-state index in [-0.39, 0.29) is 10.8 Å². The van der Waals surface area contributed by atoms with Crippen LogP contribution in [-0.2, 0) is 20.3 Å². The number of para-hydroxylation sites is 2. The Hall–Kier alpha value is -3.88. The molecule has 0 saturated carbocycles. The number of ether oxygens (including phenoxy) is 8. The number of benzene rings is 3. The van der Waals surface area contributed by atoms with Gasteiger partial charge < -0.3 is 37.9 Å². The van der Waals surface area contributed by atoms with Gasteiger partial charge >= 0.3 is 0 Å². The summed E-state index contributed by atoms with van der Waals surface area (Å²) in [5, 5.41) is 0. The number of fused-ring (bicyclic) bond motifs is 3. The molecule has 4 rings (SSSR count). The minimum absolute atomic E-state index is 0.0298. The average Bonchev–Trinajstić information content (AvgIpc) is 2.98. The molecule has 0 atom stereocenters. The Labute approximate surface area is 261 Å². The predicted octanol–water partition coefficient (Wildman–Crippen LogP) is 7.47. The largest absolute Gasteiger partial charge is 0.487 e. The Bertz CT molecular complexity index is 1350. The summed E-state index contributed by atoms with van der Waals surface area (Å²) in [7, 11) is 0. The zero-order valence-corrected chi connectivity index (χ0v) is 26.9. The van der Waals surface area contributed by atoms with E-state index < -0.39 is 0 Å². The molecule has 3 aromatic carbocycles. The predicted molar refractivity (Wildman–Crippen MR) is 171 cm³/mol. The first kappa shape index (κ1) is 33.0. The zero-order chi connectivity index (χ0) is 31.4. The highest BCUT2D eigenvalue weighted by molar-refractivity contribution is 5.46. The van der Waals surface area contributed by atoms with E-state index in [0.29, 0.717) is 87.4 Å². The van der Waals surface area contributed by atoms with Crippen molar-refractivity contribution in [3.63, 3.8) is 0 Å². The quantitative estimate of drug-likeness (QED) is 0.261. The monoisotopic (exact) mass is 606 g/mol. The maximum absolute atomic E-state index is 6.09. The number of rotatable bonds is 0. The van der Waals surface area contributed by atoms with E-state index in [4.69, 9.17) is 37.9 Å². The first-order valence-electron chi connectivity index (χ1n) is 15.1. The fourth-order valence-corrected chi connectivity index (χ4v) is 4.31. The molecule has 8 nitrogen and oxygen atoms in total. The summed E-state index contributed by atoms with van der Waals surface area (Å²) in [5.41, 5.74) is 2.22. The highest BCUT2D eigenvalue weighted by Gasteiger charge is 2.18. The van der Waals surface area contributed by atoms with Crippen LogP contribution in [0.1, 0.15) is 52.7 Å². The molecule has 0 aromatic heterocycles. The zero-order valence-electron chi connectivity index (χ0n) is 26.9. The first-order chi connectivity index (χ1) is 21.1. The van der Waals surface area contributed by atoms with Crippen LogP contribution in [0.25, 0.3) is 0 Å². The van der Waals surface area contributed by atoms with E-state index in [1.54, 1.807) is 0 Å². The summed E-state index contributed by atoms with van der Waals surface area (Å²) in [6, 6.07) is 19.4. The molecule has 8 heteroatoms. The van der Waals surface area contributed by atoms with E-state index in [1.165, 1.54) is 12.5 Å². The van der Waals surface area contributed by atoms with Crippen LogP contribution < -0.4 is 28.4 Å². The smallest absolute Gasteiger partial charge is 0.168 e. The second kappa shape index (κ2) is 15.7. The SMILES string of the molecule is CC(C)(C)c1ccc2c(c1)OCCOCCOCCOc1cc(C(C)(C)C)ccc1OCCOc1ccccc1O/C=C\O2. The molecular weight excluding hydrogens is 560 g/mol. The van der Waals surface area contributed by atoms with E-state index in [0.717, 1.165) is 11.1 Å². The van der Waals surface area contributed by atoms with Crippen molar-refractivity contribution in [1.82, 2.24) is 0 Å². The molecular formula is C36H46O8. The molecule has 1 aliphatic heterocycles. The van der Waals surface area contributed by atoms with Crippen LogP contribution in [-0.4, -0.2) is 52.9 Å². The van der Waals surface area contributed by atoms with Gasteiger partial charge in [-0.25, -0.2) is 0 Å². The summed E-state index contributed by atoms with van der Waals surface area (Å²) >= 11 is 0. The molecule has 0 amide bonds. The van der Waals surface area contributed by atoms with Crippen LogP contribution in [0.15, 0.2) is 73.2 Å². The minimum Gasteiger partial charge on any atom is -0.487 e. The lowest BCUT2D eigenvalue weighted by Gasteiger charge is -2.22. The summed E-state index contributed by atoms with van der Waals surface area (Å²) in [4.78, 5) is 0. The van der Waals surface area contributed by atoms with Gasteiger partial charge in [-0.3, -0.25) is 0 Å². The Morgan fingerprint density at radius 3 is 1.30 bits per heavy atom. The van der Waals surface area contributed by atoms with Crippen LogP contribution in [0.2, 0.25) is 0 Å². The van der Waals surface area contributed by atoms with Crippen molar-refractivity contribution < 1.29 is 37.9 Å². The summed E-state index contributed by atoms with van der Waals surface area (Å²) in [5.74, 6) is 3.67. The Morgan fingerprint density at radius 2 is 0.773 bits per heavy atom. The Morgan fingerprint density at radius 1 is 0.409 bits per heavy atom. The van der Waals surface area contributed by atoms with E-state index in [9.17, 15) is 0 Å². The van der Waals surface area contributed by atoms with Gasteiger partial charge in [0.25, 0.3) is 0 Å².